The Kier molecular flexibility index (Phi) is 2.92. The third-order valence-electron chi connectivity index (χ3n) is 1.10. The second kappa shape index (κ2) is 4.27. The van der Waals surface area contributed by atoms with E-state index in [-0.39, 0.29) is 0 Å². The summed E-state index contributed by atoms with van der Waals surface area (Å²) in [6.07, 6.45) is 4.91. The first-order valence-corrected chi connectivity index (χ1v) is 3.28. The van der Waals surface area contributed by atoms with Gasteiger partial charge in [0.1, 0.15) is 0 Å². The largest absolute Gasteiger partial charge is 0.304 e. The van der Waals surface area contributed by atoms with E-state index in [1.54, 1.807) is 18.5 Å². The number of aromatic amines is 1. The Hall–Kier alpha value is -1.58. The second-order valence-corrected chi connectivity index (χ2v) is 1.93. The van der Waals surface area contributed by atoms with Gasteiger partial charge in [0.05, 0.1) is 12.2 Å². The van der Waals surface area contributed by atoms with Crippen molar-refractivity contribution in [2.75, 3.05) is 0 Å². The molecule has 0 saturated carbocycles. The molecule has 0 fully saturated rings. The summed E-state index contributed by atoms with van der Waals surface area (Å²) in [4.78, 5) is 0. The summed E-state index contributed by atoms with van der Waals surface area (Å²) in [5.41, 5.74) is 3.82. The molecule has 0 unspecified atom stereocenters. The molecule has 0 aromatic carbocycles. The highest BCUT2D eigenvalue weighted by atomic mass is 15.3. The van der Waals surface area contributed by atoms with Gasteiger partial charge in [0.15, 0.2) is 0 Å². The highest BCUT2D eigenvalue weighted by Crippen LogP contribution is 1.88. The molecule has 2 N–H and O–H groups in total. The maximum atomic E-state index is 3.82. The Balaban J connectivity index is 2.23. The lowest BCUT2D eigenvalue weighted by Crippen LogP contribution is -2.04. The van der Waals surface area contributed by atoms with Gasteiger partial charge >= 0.3 is 0 Å². The lowest BCUT2D eigenvalue weighted by atomic mass is 10.4. The van der Waals surface area contributed by atoms with Crippen LogP contribution in [0.15, 0.2) is 30.0 Å². The third kappa shape index (κ3) is 2.66. The van der Waals surface area contributed by atoms with Crippen LogP contribution in [0.5, 0.6) is 0 Å². The van der Waals surface area contributed by atoms with Gasteiger partial charge in [-0.05, 0) is 12.1 Å². The molecule has 4 nitrogen and oxygen atoms in total. The molecule has 1 aromatic rings. The van der Waals surface area contributed by atoms with Crippen molar-refractivity contribution in [3.05, 3.63) is 30.6 Å². The number of hydrogen-bond acceptors (Lipinski definition) is 3. The van der Waals surface area contributed by atoms with Gasteiger partial charge in [-0.1, -0.05) is 6.58 Å². The van der Waals surface area contributed by atoms with Gasteiger partial charge in [0.2, 0.25) is 0 Å². The quantitative estimate of drug-likeness (QED) is 0.489. The fraction of sp³-hybridized carbons (Fsp3) is 0.143. The van der Waals surface area contributed by atoms with E-state index in [0.717, 1.165) is 5.69 Å². The van der Waals surface area contributed by atoms with Gasteiger partial charge in [-0.3, -0.25) is 5.10 Å². The first kappa shape index (κ1) is 7.53. The van der Waals surface area contributed by atoms with Crippen LogP contribution in [0.4, 0.5) is 0 Å². The Labute approximate surface area is 65.0 Å². The Morgan fingerprint density at radius 3 is 3.36 bits per heavy atom. The number of aromatic nitrogens is 2. The molecule has 0 aliphatic heterocycles. The summed E-state index contributed by atoms with van der Waals surface area (Å²) < 4.78 is 0. The van der Waals surface area contributed by atoms with Crippen LogP contribution in [0.2, 0.25) is 0 Å². The standard InChI is InChI=1S/C7H10N4/c1-2-4-8-10-6-7-3-5-9-11-7/h2-5,10H,1,6H2,(H,9,11)/b8-4-. The lowest BCUT2D eigenvalue weighted by Gasteiger charge is -1.93. The van der Waals surface area contributed by atoms with E-state index in [1.165, 1.54) is 0 Å². The second-order valence-electron chi connectivity index (χ2n) is 1.93. The first-order chi connectivity index (χ1) is 5.43. The zero-order valence-electron chi connectivity index (χ0n) is 6.12. The third-order valence-corrected chi connectivity index (χ3v) is 1.10. The van der Waals surface area contributed by atoms with Crippen LogP contribution in [0.3, 0.4) is 0 Å². The van der Waals surface area contributed by atoms with Crippen molar-refractivity contribution < 1.29 is 0 Å². The molecule has 0 spiro atoms. The fourth-order valence-electron chi connectivity index (χ4n) is 0.619. The highest BCUT2D eigenvalue weighted by Gasteiger charge is 1.87. The molecule has 1 heterocycles. The predicted molar refractivity (Wildman–Crippen MR) is 44.1 cm³/mol. The van der Waals surface area contributed by atoms with Gasteiger partial charge < -0.3 is 5.43 Å². The van der Waals surface area contributed by atoms with Crippen LogP contribution in [0.25, 0.3) is 0 Å². The summed E-state index contributed by atoms with van der Waals surface area (Å²) in [5.74, 6) is 0. The number of nitrogens with one attached hydrogen (secondary N) is 2. The lowest BCUT2D eigenvalue weighted by molar-refractivity contribution is 0.726. The van der Waals surface area contributed by atoms with Gasteiger partial charge in [-0.15, -0.1) is 0 Å². The van der Waals surface area contributed by atoms with Crippen molar-refractivity contribution in [3.63, 3.8) is 0 Å². The molecule has 1 aromatic heterocycles. The van der Waals surface area contributed by atoms with Gasteiger partial charge in [0.25, 0.3) is 0 Å². The maximum Gasteiger partial charge on any atom is 0.0746 e. The summed E-state index contributed by atoms with van der Waals surface area (Å²) in [5, 5.41) is 10.4. The number of nitrogens with zero attached hydrogens (tertiary/aromatic N) is 2. The molecule has 0 amide bonds. The minimum Gasteiger partial charge on any atom is -0.304 e. The Bertz CT molecular complexity index is 225. The Morgan fingerprint density at radius 2 is 2.73 bits per heavy atom. The zero-order valence-corrected chi connectivity index (χ0v) is 6.12. The van der Waals surface area contributed by atoms with E-state index in [2.05, 4.69) is 27.3 Å². The first-order valence-electron chi connectivity index (χ1n) is 3.28. The summed E-state index contributed by atoms with van der Waals surface area (Å²) in [6.45, 7) is 4.14. The molecule has 11 heavy (non-hydrogen) atoms. The summed E-state index contributed by atoms with van der Waals surface area (Å²) in [7, 11) is 0. The van der Waals surface area contributed by atoms with Crippen LogP contribution >= 0.6 is 0 Å². The van der Waals surface area contributed by atoms with E-state index in [9.17, 15) is 0 Å². The van der Waals surface area contributed by atoms with E-state index in [4.69, 9.17) is 0 Å². The normalized spacial score (nSPS) is 10.2. The van der Waals surface area contributed by atoms with Crippen LogP contribution in [-0.2, 0) is 6.54 Å². The average Bonchev–Trinajstić information content (AvgIpc) is 2.50. The molecule has 1 rings (SSSR count). The molecule has 0 radical (unpaired) electrons. The number of allylic oxidation sites excluding steroid dienone is 1. The predicted octanol–water partition coefficient (Wildman–Crippen LogP) is 0.671. The molecule has 58 valence electrons. The molecule has 4 heteroatoms. The maximum absolute atomic E-state index is 3.82. The molecule has 0 aliphatic carbocycles. The molecule has 0 bridgehead atoms. The minimum absolute atomic E-state index is 0.657. The van der Waals surface area contributed by atoms with Gasteiger partial charge in [-0.2, -0.15) is 10.2 Å². The van der Waals surface area contributed by atoms with Gasteiger partial charge in [-0.25, -0.2) is 0 Å². The summed E-state index contributed by atoms with van der Waals surface area (Å²) in [6, 6.07) is 1.89. The van der Waals surface area contributed by atoms with Crippen molar-refractivity contribution in [1.29, 1.82) is 0 Å². The van der Waals surface area contributed by atoms with E-state index in [1.807, 2.05) is 6.07 Å². The smallest absolute Gasteiger partial charge is 0.0746 e. The fourth-order valence-corrected chi connectivity index (χ4v) is 0.619. The molecule has 0 atom stereocenters. The van der Waals surface area contributed by atoms with Crippen molar-refractivity contribution in [2.45, 2.75) is 6.54 Å². The zero-order chi connectivity index (χ0) is 7.94. The van der Waals surface area contributed by atoms with Crippen LogP contribution in [0.1, 0.15) is 5.69 Å². The summed E-state index contributed by atoms with van der Waals surface area (Å²) >= 11 is 0. The number of hydrogen-bond donors (Lipinski definition) is 2. The van der Waals surface area contributed by atoms with Crippen molar-refractivity contribution in [3.8, 4) is 0 Å². The van der Waals surface area contributed by atoms with E-state index in [0.29, 0.717) is 6.54 Å². The van der Waals surface area contributed by atoms with Crippen molar-refractivity contribution >= 4 is 6.21 Å². The minimum atomic E-state index is 0.657. The number of hydrazone groups is 1. The van der Waals surface area contributed by atoms with Crippen LogP contribution in [-0.4, -0.2) is 16.4 Å². The highest BCUT2D eigenvalue weighted by molar-refractivity contribution is 5.69. The number of rotatable bonds is 4. The van der Waals surface area contributed by atoms with E-state index < -0.39 is 0 Å². The molecular formula is C7H10N4. The van der Waals surface area contributed by atoms with Crippen LogP contribution in [0, 0.1) is 0 Å². The average molecular weight is 150 g/mol. The SMILES string of the molecule is C=C/C=N\NCc1ccn[nH]1. The van der Waals surface area contributed by atoms with Gasteiger partial charge in [0, 0.05) is 12.4 Å². The van der Waals surface area contributed by atoms with Crippen molar-refractivity contribution in [1.82, 2.24) is 15.6 Å². The van der Waals surface area contributed by atoms with Crippen LogP contribution < -0.4 is 5.43 Å². The number of H-pyrrole nitrogens is 1. The van der Waals surface area contributed by atoms with E-state index >= 15 is 0 Å². The molecule has 0 aliphatic rings. The molecular weight excluding hydrogens is 140 g/mol. The molecule has 0 saturated heterocycles. The Morgan fingerprint density at radius 1 is 1.82 bits per heavy atom. The monoisotopic (exact) mass is 150 g/mol. The van der Waals surface area contributed by atoms with Crippen molar-refractivity contribution in [2.24, 2.45) is 5.10 Å². The topological polar surface area (TPSA) is 53.1 Å².